The third-order valence-corrected chi connectivity index (χ3v) is 8.55. The maximum Gasteiger partial charge on any atom is 0.416 e. The molecule has 0 bridgehead atoms. The summed E-state index contributed by atoms with van der Waals surface area (Å²) in [6.07, 6.45) is -2.81. The van der Waals surface area contributed by atoms with Gasteiger partial charge >= 0.3 is 6.18 Å². The molecular formula is C29H26F3NO5S. The standard InChI is InChI=1S/C29H26F3NO5S/c30-29(31,32)23-13-10-21(11-14-23)19-37-24-7-3-5-20(17-24)12-15-26(34)25-8-4-16-33(25)39(35,36)28-18-22-6-1-2-9-27(22)38-28/h1-3,5-7,9-11,13-14,17-18,25H,4,8,12,15-16,19H2/t25-/m0/s1. The number of fused-ring (bicyclic) bond motifs is 1. The molecule has 5 rings (SSSR count). The van der Waals surface area contributed by atoms with Crippen molar-refractivity contribution in [2.75, 3.05) is 6.54 Å². The fourth-order valence-corrected chi connectivity index (χ4v) is 6.36. The smallest absolute Gasteiger partial charge is 0.416 e. The van der Waals surface area contributed by atoms with Crippen LogP contribution in [0.25, 0.3) is 11.0 Å². The number of furan rings is 1. The molecule has 1 aliphatic heterocycles. The highest BCUT2D eigenvalue weighted by Crippen LogP contribution is 2.31. The van der Waals surface area contributed by atoms with Gasteiger partial charge in [-0.2, -0.15) is 17.5 Å². The first kappa shape index (κ1) is 27.0. The van der Waals surface area contributed by atoms with E-state index in [0.29, 0.717) is 41.5 Å². The minimum atomic E-state index is -4.39. The molecule has 1 saturated heterocycles. The van der Waals surface area contributed by atoms with E-state index in [1.165, 1.54) is 22.5 Å². The molecule has 0 N–H and O–H groups in total. The topological polar surface area (TPSA) is 76.8 Å². The molecule has 0 amide bonds. The predicted octanol–water partition coefficient (Wildman–Crippen LogP) is 6.39. The lowest BCUT2D eigenvalue weighted by molar-refractivity contribution is -0.137. The van der Waals surface area contributed by atoms with Crippen molar-refractivity contribution < 1.29 is 35.5 Å². The molecule has 1 fully saturated rings. The largest absolute Gasteiger partial charge is 0.489 e. The van der Waals surface area contributed by atoms with Gasteiger partial charge in [0.1, 0.15) is 17.9 Å². The van der Waals surface area contributed by atoms with Crippen LogP contribution in [0.1, 0.15) is 36.0 Å². The van der Waals surface area contributed by atoms with Gasteiger partial charge in [-0.1, -0.05) is 42.5 Å². The molecule has 3 aromatic carbocycles. The maximum absolute atomic E-state index is 13.3. The van der Waals surface area contributed by atoms with E-state index >= 15 is 0 Å². The number of rotatable bonds is 9. The van der Waals surface area contributed by atoms with Crippen LogP contribution >= 0.6 is 0 Å². The van der Waals surface area contributed by atoms with E-state index in [4.69, 9.17) is 9.15 Å². The normalized spacial score (nSPS) is 16.5. The number of benzene rings is 3. The summed E-state index contributed by atoms with van der Waals surface area (Å²) in [6, 6.07) is 19.7. The third kappa shape index (κ3) is 6.02. The number of carbonyl (C=O) groups is 1. The van der Waals surface area contributed by atoms with Crippen molar-refractivity contribution in [2.24, 2.45) is 0 Å². The SMILES string of the molecule is O=C(CCc1cccc(OCc2ccc(C(F)(F)F)cc2)c1)[C@@H]1CCCN1S(=O)(=O)c1cc2ccccc2o1. The number of carbonyl (C=O) groups excluding carboxylic acids is 1. The lowest BCUT2D eigenvalue weighted by Crippen LogP contribution is -2.40. The molecule has 0 spiro atoms. The van der Waals surface area contributed by atoms with Crippen molar-refractivity contribution in [3.05, 3.63) is 95.6 Å². The molecule has 0 radical (unpaired) electrons. The van der Waals surface area contributed by atoms with Gasteiger partial charge in [0.05, 0.1) is 11.6 Å². The zero-order valence-electron chi connectivity index (χ0n) is 20.9. The minimum absolute atomic E-state index is 0.0944. The molecule has 10 heteroatoms. The number of para-hydroxylation sites is 1. The number of aryl methyl sites for hydroxylation is 1. The van der Waals surface area contributed by atoms with Gasteiger partial charge in [0.15, 0.2) is 5.78 Å². The zero-order chi connectivity index (χ0) is 27.6. The molecule has 0 saturated carbocycles. The Morgan fingerprint density at radius 2 is 1.74 bits per heavy atom. The van der Waals surface area contributed by atoms with Crippen LogP contribution in [0.4, 0.5) is 13.2 Å². The Hall–Kier alpha value is -3.63. The quantitative estimate of drug-likeness (QED) is 0.239. The van der Waals surface area contributed by atoms with Gasteiger partial charge in [-0.15, -0.1) is 0 Å². The van der Waals surface area contributed by atoms with E-state index in [-0.39, 0.29) is 30.4 Å². The summed E-state index contributed by atoms with van der Waals surface area (Å²) in [6.45, 7) is 0.347. The Bertz CT molecular complexity index is 1550. The van der Waals surface area contributed by atoms with Gasteiger partial charge in [0.2, 0.25) is 5.09 Å². The van der Waals surface area contributed by atoms with Gasteiger partial charge in [-0.25, -0.2) is 8.42 Å². The van der Waals surface area contributed by atoms with E-state index in [1.54, 1.807) is 42.5 Å². The van der Waals surface area contributed by atoms with Gasteiger partial charge in [-0.05, 0) is 60.7 Å². The molecule has 39 heavy (non-hydrogen) atoms. The number of ketones is 1. The van der Waals surface area contributed by atoms with Gasteiger partial charge < -0.3 is 9.15 Å². The Labute approximate surface area is 224 Å². The number of sulfonamides is 1. The van der Waals surface area contributed by atoms with Crippen LogP contribution in [0, 0.1) is 0 Å². The molecule has 0 unspecified atom stereocenters. The van der Waals surface area contributed by atoms with E-state index in [9.17, 15) is 26.4 Å². The molecule has 2 heterocycles. The van der Waals surface area contributed by atoms with Crippen LogP contribution in [0.2, 0.25) is 0 Å². The summed E-state index contributed by atoms with van der Waals surface area (Å²) in [5.41, 5.74) is 1.18. The summed E-state index contributed by atoms with van der Waals surface area (Å²) in [7, 11) is -3.97. The first-order valence-corrected chi connectivity index (χ1v) is 14.0. The molecule has 6 nitrogen and oxygen atoms in total. The molecule has 1 aromatic heterocycles. The van der Waals surface area contributed by atoms with Crippen LogP contribution in [-0.4, -0.2) is 31.1 Å². The highest BCUT2D eigenvalue weighted by atomic mass is 32.2. The van der Waals surface area contributed by atoms with Crippen molar-refractivity contribution in [2.45, 2.75) is 49.6 Å². The number of alkyl halides is 3. The predicted molar refractivity (Wildman–Crippen MR) is 139 cm³/mol. The average molecular weight is 558 g/mol. The minimum Gasteiger partial charge on any atom is -0.489 e. The van der Waals surface area contributed by atoms with E-state index < -0.39 is 27.8 Å². The summed E-state index contributed by atoms with van der Waals surface area (Å²) < 4.78 is 77.4. The Morgan fingerprint density at radius 1 is 0.974 bits per heavy atom. The van der Waals surface area contributed by atoms with Crippen molar-refractivity contribution in [3.8, 4) is 5.75 Å². The van der Waals surface area contributed by atoms with Crippen molar-refractivity contribution in [3.63, 3.8) is 0 Å². The monoisotopic (exact) mass is 557 g/mol. The average Bonchev–Trinajstić information content (AvgIpc) is 3.59. The van der Waals surface area contributed by atoms with Gasteiger partial charge in [0, 0.05) is 24.4 Å². The molecular weight excluding hydrogens is 531 g/mol. The number of hydrogen-bond acceptors (Lipinski definition) is 5. The van der Waals surface area contributed by atoms with E-state index in [0.717, 1.165) is 17.7 Å². The summed E-state index contributed by atoms with van der Waals surface area (Å²) in [4.78, 5) is 13.1. The lowest BCUT2D eigenvalue weighted by Gasteiger charge is -2.21. The van der Waals surface area contributed by atoms with Crippen LogP contribution in [0.5, 0.6) is 5.75 Å². The molecule has 204 valence electrons. The molecule has 1 aliphatic rings. The van der Waals surface area contributed by atoms with E-state index in [1.807, 2.05) is 6.07 Å². The lowest BCUT2D eigenvalue weighted by atomic mass is 10.0. The zero-order valence-corrected chi connectivity index (χ0v) is 21.7. The van der Waals surface area contributed by atoms with Crippen molar-refractivity contribution >= 4 is 26.8 Å². The Balaban J connectivity index is 1.20. The number of halogens is 3. The van der Waals surface area contributed by atoms with Gasteiger partial charge in [-0.3, -0.25) is 4.79 Å². The van der Waals surface area contributed by atoms with Crippen LogP contribution in [0.3, 0.4) is 0 Å². The second kappa shape index (κ2) is 10.9. The van der Waals surface area contributed by atoms with Crippen molar-refractivity contribution in [1.29, 1.82) is 0 Å². The van der Waals surface area contributed by atoms with Crippen molar-refractivity contribution in [1.82, 2.24) is 4.31 Å². The first-order chi connectivity index (χ1) is 18.6. The van der Waals surface area contributed by atoms with Crippen LogP contribution < -0.4 is 4.74 Å². The van der Waals surface area contributed by atoms with E-state index in [2.05, 4.69) is 0 Å². The Morgan fingerprint density at radius 3 is 2.49 bits per heavy atom. The fraction of sp³-hybridized carbons (Fsp3) is 0.276. The van der Waals surface area contributed by atoms with Crippen LogP contribution in [-0.2, 0) is 34.0 Å². The fourth-order valence-electron chi connectivity index (χ4n) is 4.73. The Kier molecular flexibility index (Phi) is 7.51. The first-order valence-electron chi connectivity index (χ1n) is 12.5. The molecule has 0 aliphatic carbocycles. The van der Waals surface area contributed by atoms with Crippen LogP contribution in [0.15, 0.2) is 88.4 Å². The highest BCUT2D eigenvalue weighted by Gasteiger charge is 2.40. The second-order valence-corrected chi connectivity index (χ2v) is 11.3. The molecule has 1 atom stereocenters. The maximum atomic E-state index is 13.3. The third-order valence-electron chi connectivity index (χ3n) is 6.79. The number of hydrogen-bond donors (Lipinski definition) is 0. The summed E-state index contributed by atoms with van der Waals surface area (Å²) in [5, 5.41) is 0.514. The number of nitrogens with zero attached hydrogens (tertiary/aromatic N) is 1. The van der Waals surface area contributed by atoms with Gasteiger partial charge in [0.25, 0.3) is 10.0 Å². The summed E-state index contributed by atoms with van der Waals surface area (Å²) >= 11 is 0. The number of Topliss-reactive ketones (excluding diaryl/α,β-unsaturated/α-hetero) is 1. The highest BCUT2D eigenvalue weighted by molar-refractivity contribution is 7.89. The molecule has 4 aromatic rings. The second-order valence-electron chi connectivity index (χ2n) is 9.47. The number of ether oxygens (including phenoxy) is 1. The summed E-state index contributed by atoms with van der Waals surface area (Å²) in [5.74, 6) is 0.359.